The van der Waals surface area contributed by atoms with Crippen molar-refractivity contribution in [3.8, 4) is 22.6 Å². The Morgan fingerprint density at radius 3 is 2.41 bits per heavy atom. The minimum absolute atomic E-state index is 0.518. The van der Waals surface area contributed by atoms with Gasteiger partial charge in [-0.15, -0.1) is 0 Å². The molecule has 0 aliphatic carbocycles. The summed E-state index contributed by atoms with van der Waals surface area (Å²) >= 11 is 0. The molecule has 0 radical (unpaired) electrons. The third-order valence-electron chi connectivity index (χ3n) is 6.02. The molecule has 0 amide bonds. The molecule has 1 aromatic heterocycles. The zero-order valence-electron chi connectivity index (χ0n) is 17.2. The molecule has 6 nitrogen and oxygen atoms in total. The molecule has 4 aromatic rings. The van der Waals surface area contributed by atoms with E-state index in [0.29, 0.717) is 19.0 Å². The quantitative estimate of drug-likeness (QED) is 0.543. The molecular formula is C26H20N4O2. The molecule has 6 heteroatoms. The Kier molecular flexibility index (Phi) is 4.18. The number of aromatic nitrogens is 2. The average molecular weight is 420 g/mol. The summed E-state index contributed by atoms with van der Waals surface area (Å²) in [5, 5.41) is 0. The van der Waals surface area contributed by atoms with E-state index in [1.54, 1.807) is 0 Å². The first-order chi connectivity index (χ1) is 15.8. The molecule has 0 fully saturated rings. The lowest BCUT2D eigenvalue weighted by atomic mass is 9.77. The number of fused-ring (bicyclic) bond motifs is 2. The molecule has 3 aromatic carbocycles. The van der Waals surface area contributed by atoms with E-state index < -0.39 is 5.54 Å². The van der Waals surface area contributed by atoms with E-state index in [0.717, 1.165) is 44.9 Å². The molecular weight excluding hydrogens is 400 g/mol. The Labute approximate surface area is 185 Å². The van der Waals surface area contributed by atoms with Crippen molar-refractivity contribution >= 4 is 5.84 Å². The molecule has 2 N–H and O–H groups in total. The third-order valence-corrected chi connectivity index (χ3v) is 6.02. The lowest BCUT2D eigenvalue weighted by Crippen LogP contribution is -2.26. The van der Waals surface area contributed by atoms with Gasteiger partial charge in [0.1, 0.15) is 30.9 Å². The predicted molar refractivity (Wildman–Crippen MR) is 122 cm³/mol. The Morgan fingerprint density at radius 1 is 0.750 bits per heavy atom. The van der Waals surface area contributed by atoms with Crippen LogP contribution >= 0.6 is 0 Å². The molecule has 1 unspecified atom stereocenters. The lowest BCUT2D eigenvalue weighted by Gasteiger charge is -2.31. The van der Waals surface area contributed by atoms with Crippen molar-refractivity contribution in [2.45, 2.75) is 5.54 Å². The van der Waals surface area contributed by atoms with Gasteiger partial charge in [-0.05, 0) is 40.5 Å². The topological polar surface area (TPSA) is 82.6 Å². The normalized spacial score (nSPS) is 18.7. The van der Waals surface area contributed by atoms with Gasteiger partial charge < -0.3 is 15.2 Å². The van der Waals surface area contributed by atoms with Crippen molar-refractivity contribution in [3.63, 3.8) is 0 Å². The third kappa shape index (κ3) is 2.76. The van der Waals surface area contributed by atoms with Crippen LogP contribution in [0.3, 0.4) is 0 Å². The summed E-state index contributed by atoms with van der Waals surface area (Å²) in [7, 11) is 0. The summed E-state index contributed by atoms with van der Waals surface area (Å²) in [6.07, 6.45) is 5.15. The Balaban J connectivity index is 1.61. The van der Waals surface area contributed by atoms with Crippen LogP contribution in [0.4, 0.5) is 0 Å². The lowest BCUT2D eigenvalue weighted by molar-refractivity contribution is 0.171. The fourth-order valence-electron chi connectivity index (χ4n) is 4.57. The SMILES string of the molecule is NC1=NC(c2cccc(-c3cncnc3)c2)(c2ccc3c(c2)OCCO3)c2ccccc21. The highest BCUT2D eigenvalue weighted by Crippen LogP contribution is 2.48. The number of ether oxygens (including phenoxy) is 2. The van der Waals surface area contributed by atoms with Crippen LogP contribution in [-0.4, -0.2) is 29.0 Å². The van der Waals surface area contributed by atoms with Gasteiger partial charge in [0.05, 0.1) is 0 Å². The molecule has 32 heavy (non-hydrogen) atoms. The van der Waals surface area contributed by atoms with Gasteiger partial charge in [0.15, 0.2) is 11.5 Å². The highest BCUT2D eigenvalue weighted by molar-refractivity contribution is 6.03. The van der Waals surface area contributed by atoms with Crippen molar-refractivity contribution in [3.05, 3.63) is 108 Å². The molecule has 2 aliphatic heterocycles. The van der Waals surface area contributed by atoms with Gasteiger partial charge in [0.25, 0.3) is 0 Å². The largest absolute Gasteiger partial charge is 0.486 e. The zero-order valence-corrected chi connectivity index (χ0v) is 17.2. The molecule has 0 saturated heterocycles. The summed E-state index contributed by atoms with van der Waals surface area (Å²) in [5.41, 5.74) is 11.6. The first kappa shape index (κ1) is 18.6. The number of nitrogens with zero attached hydrogens (tertiary/aromatic N) is 3. The van der Waals surface area contributed by atoms with Crippen molar-refractivity contribution in [2.75, 3.05) is 13.2 Å². The Hall–Kier alpha value is -4.19. The molecule has 6 rings (SSSR count). The summed E-state index contributed by atoms with van der Waals surface area (Å²) in [4.78, 5) is 13.4. The Morgan fingerprint density at radius 2 is 1.53 bits per heavy atom. The van der Waals surface area contributed by atoms with Crippen LogP contribution in [0.5, 0.6) is 11.5 Å². The second-order valence-electron chi connectivity index (χ2n) is 7.82. The van der Waals surface area contributed by atoms with Crippen LogP contribution in [0.25, 0.3) is 11.1 Å². The Bertz CT molecular complexity index is 1350. The number of amidine groups is 1. The van der Waals surface area contributed by atoms with Crippen LogP contribution in [0.1, 0.15) is 22.3 Å². The van der Waals surface area contributed by atoms with Crippen molar-refractivity contribution in [1.82, 2.24) is 9.97 Å². The van der Waals surface area contributed by atoms with E-state index in [-0.39, 0.29) is 0 Å². The van der Waals surface area contributed by atoms with Crippen molar-refractivity contribution < 1.29 is 9.47 Å². The van der Waals surface area contributed by atoms with Gasteiger partial charge in [-0.25, -0.2) is 15.0 Å². The summed E-state index contributed by atoms with van der Waals surface area (Å²) in [6, 6.07) is 22.4. The molecule has 156 valence electrons. The maximum absolute atomic E-state index is 6.46. The van der Waals surface area contributed by atoms with Crippen LogP contribution in [0.2, 0.25) is 0 Å². The number of benzene rings is 3. The number of rotatable bonds is 3. The van der Waals surface area contributed by atoms with E-state index in [2.05, 4.69) is 28.2 Å². The fourth-order valence-corrected chi connectivity index (χ4v) is 4.57. The van der Waals surface area contributed by atoms with Crippen LogP contribution < -0.4 is 15.2 Å². The maximum atomic E-state index is 6.46. The van der Waals surface area contributed by atoms with E-state index in [9.17, 15) is 0 Å². The molecule has 1 atom stereocenters. The van der Waals surface area contributed by atoms with Gasteiger partial charge in [-0.2, -0.15) is 0 Å². The second kappa shape index (κ2) is 7.20. The maximum Gasteiger partial charge on any atom is 0.161 e. The number of nitrogens with two attached hydrogens (primary N) is 1. The van der Waals surface area contributed by atoms with Gasteiger partial charge >= 0.3 is 0 Å². The van der Waals surface area contributed by atoms with Crippen LogP contribution in [0, 0.1) is 0 Å². The highest BCUT2D eigenvalue weighted by Gasteiger charge is 2.43. The van der Waals surface area contributed by atoms with E-state index in [4.69, 9.17) is 20.2 Å². The standard InChI is InChI=1S/C26H20N4O2/c27-25-21-6-1-2-7-22(21)26(30-25,20-8-9-23-24(13-20)32-11-10-31-23)19-5-3-4-17(12-19)18-14-28-16-29-15-18/h1-9,12-16H,10-11H2,(H2,27,30). The molecule has 0 bridgehead atoms. The summed E-state index contributed by atoms with van der Waals surface area (Å²) in [5.74, 6) is 1.98. The molecule has 0 spiro atoms. The minimum atomic E-state index is -0.803. The highest BCUT2D eigenvalue weighted by atomic mass is 16.6. The first-order valence-electron chi connectivity index (χ1n) is 10.5. The van der Waals surface area contributed by atoms with Crippen LogP contribution in [-0.2, 0) is 5.54 Å². The number of aliphatic imine (C=N–C) groups is 1. The minimum Gasteiger partial charge on any atom is -0.486 e. The van der Waals surface area contributed by atoms with Gasteiger partial charge in [-0.3, -0.25) is 0 Å². The zero-order chi connectivity index (χ0) is 21.5. The molecule has 0 saturated carbocycles. The summed E-state index contributed by atoms with van der Waals surface area (Å²) in [6.45, 7) is 1.07. The second-order valence-corrected chi connectivity index (χ2v) is 7.82. The van der Waals surface area contributed by atoms with Crippen molar-refractivity contribution in [2.24, 2.45) is 10.7 Å². The first-order valence-corrected chi connectivity index (χ1v) is 10.5. The van der Waals surface area contributed by atoms with Crippen molar-refractivity contribution in [1.29, 1.82) is 0 Å². The smallest absolute Gasteiger partial charge is 0.161 e. The van der Waals surface area contributed by atoms with Gasteiger partial charge in [-0.1, -0.05) is 48.5 Å². The monoisotopic (exact) mass is 420 g/mol. The van der Waals surface area contributed by atoms with Gasteiger partial charge in [0.2, 0.25) is 0 Å². The predicted octanol–water partition coefficient (Wildman–Crippen LogP) is 3.93. The number of hydrogen-bond acceptors (Lipinski definition) is 6. The fraction of sp³-hybridized carbons (Fsp3) is 0.115. The van der Waals surface area contributed by atoms with E-state index >= 15 is 0 Å². The molecule has 2 aliphatic rings. The van der Waals surface area contributed by atoms with E-state index in [1.165, 1.54) is 6.33 Å². The van der Waals surface area contributed by atoms with Gasteiger partial charge in [0, 0.05) is 23.5 Å². The van der Waals surface area contributed by atoms with E-state index in [1.807, 2.05) is 60.9 Å². The molecule has 3 heterocycles. The summed E-state index contributed by atoms with van der Waals surface area (Å²) < 4.78 is 11.6. The average Bonchev–Trinajstić information content (AvgIpc) is 3.18. The number of hydrogen-bond donors (Lipinski definition) is 1. The van der Waals surface area contributed by atoms with Crippen LogP contribution in [0.15, 0.2) is 90.4 Å².